The van der Waals surface area contributed by atoms with E-state index in [-0.39, 0.29) is 29.9 Å². The van der Waals surface area contributed by atoms with Gasteiger partial charge in [-0.1, -0.05) is 12.8 Å². The van der Waals surface area contributed by atoms with E-state index in [1.54, 1.807) is 0 Å². The number of hydrogen-bond acceptors (Lipinski definition) is 3. The lowest BCUT2D eigenvalue weighted by Crippen LogP contribution is -2.65. The molecule has 5 heteroatoms. The summed E-state index contributed by atoms with van der Waals surface area (Å²) in [6.07, 6.45) is 4.46. The number of amides is 2. The molecule has 0 aromatic carbocycles. The zero-order valence-electron chi connectivity index (χ0n) is 12.1. The van der Waals surface area contributed by atoms with E-state index in [1.165, 1.54) is 12.8 Å². The molecule has 3 atom stereocenters. The van der Waals surface area contributed by atoms with Gasteiger partial charge in [0.2, 0.25) is 11.8 Å². The molecular formula is C14H25N3O2. The van der Waals surface area contributed by atoms with Crippen LogP contribution in [0.4, 0.5) is 0 Å². The Morgan fingerprint density at radius 2 is 2.00 bits per heavy atom. The Labute approximate surface area is 115 Å². The van der Waals surface area contributed by atoms with Crippen LogP contribution >= 0.6 is 0 Å². The van der Waals surface area contributed by atoms with E-state index < -0.39 is 0 Å². The summed E-state index contributed by atoms with van der Waals surface area (Å²) in [4.78, 5) is 26.0. The Kier molecular flexibility index (Phi) is 4.45. The van der Waals surface area contributed by atoms with Crippen LogP contribution in [0, 0.1) is 0 Å². The minimum absolute atomic E-state index is 0.0222. The fourth-order valence-electron chi connectivity index (χ4n) is 3.19. The molecule has 1 heterocycles. The van der Waals surface area contributed by atoms with Crippen molar-refractivity contribution in [3.63, 3.8) is 0 Å². The summed E-state index contributed by atoms with van der Waals surface area (Å²) in [5.74, 6) is 0.0707. The summed E-state index contributed by atoms with van der Waals surface area (Å²) < 4.78 is 0. The van der Waals surface area contributed by atoms with Crippen LogP contribution < -0.4 is 10.6 Å². The molecule has 2 N–H and O–H groups in total. The zero-order valence-corrected chi connectivity index (χ0v) is 12.1. The average Bonchev–Trinajstić information content (AvgIpc) is 2.36. The second-order valence-electron chi connectivity index (χ2n) is 6.04. The van der Waals surface area contributed by atoms with E-state index in [0.29, 0.717) is 12.6 Å². The molecule has 0 aromatic heterocycles. The lowest BCUT2D eigenvalue weighted by Gasteiger charge is -2.46. The number of carbonyl (C=O) groups excluding carboxylic acids is 2. The molecule has 1 aliphatic heterocycles. The molecule has 2 rings (SSSR count). The highest BCUT2D eigenvalue weighted by molar-refractivity contribution is 5.84. The maximum Gasteiger partial charge on any atom is 0.237 e. The molecular weight excluding hydrogens is 242 g/mol. The standard InChI is InChI=1S/C14H25N3O2/c1-9(2)15-14(19)10(3)17-8-13(18)16-11-6-4-5-7-12(11)17/h9-12H,4-8H2,1-3H3,(H,15,19)(H,16,18). The van der Waals surface area contributed by atoms with Crippen LogP contribution in [0.25, 0.3) is 0 Å². The van der Waals surface area contributed by atoms with Crippen molar-refractivity contribution in [2.45, 2.75) is 70.6 Å². The Morgan fingerprint density at radius 1 is 1.32 bits per heavy atom. The summed E-state index contributed by atoms with van der Waals surface area (Å²) in [5, 5.41) is 6.01. The maximum absolute atomic E-state index is 12.1. The molecule has 0 radical (unpaired) electrons. The van der Waals surface area contributed by atoms with Crippen LogP contribution in [0.2, 0.25) is 0 Å². The number of hydrogen-bond donors (Lipinski definition) is 2. The molecule has 3 unspecified atom stereocenters. The lowest BCUT2D eigenvalue weighted by atomic mass is 9.86. The first-order valence-electron chi connectivity index (χ1n) is 7.34. The van der Waals surface area contributed by atoms with Crippen LogP contribution in [-0.2, 0) is 9.59 Å². The van der Waals surface area contributed by atoms with E-state index in [9.17, 15) is 9.59 Å². The molecule has 1 aliphatic carbocycles. The topological polar surface area (TPSA) is 61.4 Å². The number of carbonyl (C=O) groups is 2. The highest BCUT2D eigenvalue weighted by atomic mass is 16.2. The van der Waals surface area contributed by atoms with Crippen molar-refractivity contribution in [3.8, 4) is 0 Å². The van der Waals surface area contributed by atoms with E-state index in [4.69, 9.17) is 0 Å². The number of nitrogens with one attached hydrogen (secondary N) is 2. The minimum atomic E-state index is -0.237. The molecule has 1 saturated heterocycles. The van der Waals surface area contributed by atoms with E-state index in [0.717, 1.165) is 12.8 Å². The first-order valence-corrected chi connectivity index (χ1v) is 7.34. The van der Waals surface area contributed by atoms with Gasteiger partial charge < -0.3 is 10.6 Å². The Hall–Kier alpha value is -1.10. The number of rotatable bonds is 3. The van der Waals surface area contributed by atoms with Crippen molar-refractivity contribution in [3.05, 3.63) is 0 Å². The summed E-state index contributed by atoms with van der Waals surface area (Å²) in [6, 6.07) is 0.443. The highest BCUT2D eigenvalue weighted by Gasteiger charge is 2.40. The minimum Gasteiger partial charge on any atom is -0.353 e. The average molecular weight is 267 g/mol. The van der Waals surface area contributed by atoms with Crippen molar-refractivity contribution in [2.24, 2.45) is 0 Å². The third-order valence-corrected chi connectivity index (χ3v) is 4.14. The summed E-state index contributed by atoms with van der Waals surface area (Å²) >= 11 is 0. The first kappa shape index (κ1) is 14.3. The molecule has 108 valence electrons. The van der Waals surface area contributed by atoms with Gasteiger partial charge >= 0.3 is 0 Å². The van der Waals surface area contributed by atoms with Gasteiger partial charge in [0.05, 0.1) is 12.6 Å². The van der Waals surface area contributed by atoms with E-state index in [2.05, 4.69) is 15.5 Å². The van der Waals surface area contributed by atoms with Crippen LogP contribution in [0.3, 0.4) is 0 Å². The molecule has 19 heavy (non-hydrogen) atoms. The second-order valence-corrected chi connectivity index (χ2v) is 6.04. The van der Waals surface area contributed by atoms with Crippen LogP contribution in [0.15, 0.2) is 0 Å². The molecule has 0 aromatic rings. The monoisotopic (exact) mass is 267 g/mol. The van der Waals surface area contributed by atoms with E-state index >= 15 is 0 Å². The highest BCUT2D eigenvalue weighted by Crippen LogP contribution is 2.27. The predicted molar refractivity (Wildman–Crippen MR) is 73.6 cm³/mol. The van der Waals surface area contributed by atoms with Gasteiger partial charge in [0.25, 0.3) is 0 Å². The molecule has 5 nitrogen and oxygen atoms in total. The Morgan fingerprint density at radius 3 is 2.68 bits per heavy atom. The van der Waals surface area contributed by atoms with Crippen molar-refractivity contribution in [2.75, 3.05) is 6.54 Å². The molecule has 2 amide bonds. The largest absolute Gasteiger partial charge is 0.353 e. The van der Waals surface area contributed by atoms with Crippen molar-refractivity contribution in [1.29, 1.82) is 0 Å². The van der Waals surface area contributed by atoms with Gasteiger partial charge in [-0.2, -0.15) is 0 Å². The van der Waals surface area contributed by atoms with Gasteiger partial charge in [-0.15, -0.1) is 0 Å². The van der Waals surface area contributed by atoms with Gasteiger partial charge in [-0.25, -0.2) is 0 Å². The number of fused-ring (bicyclic) bond motifs is 1. The Balaban J connectivity index is 2.07. The smallest absolute Gasteiger partial charge is 0.237 e. The SMILES string of the molecule is CC(C)NC(=O)C(C)N1CC(=O)NC2CCCCC21. The quantitative estimate of drug-likeness (QED) is 0.789. The van der Waals surface area contributed by atoms with Crippen LogP contribution in [0.5, 0.6) is 0 Å². The van der Waals surface area contributed by atoms with Crippen LogP contribution in [-0.4, -0.2) is 47.4 Å². The third kappa shape index (κ3) is 3.26. The van der Waals surface area contributed by atoms with Crippen molar-refractivity contribution < 1.29 is 9.59 Å². The van der Waals surface area contributed by atoms with Gasteiger partial charge in [0, 0.05) is 18.1 Å². The van der Waals surface area contributed by atoms with Crippen molar-refractivity contribution in [1.82, 2.24) is 15.5 Å². The zero-order chi connectivity index (χ0) is 14.0. The third-order valence-electron chi connectivity index (χ3n) is 4.14. The van der Waals surface area contributed by atoms with Crippen LogP contribution in [0.1, 0.15) is 46.5 Å². The normalized spacial score (nSPS) is 29.6. The lowest BCUT2D eigenvalue weighted by molar-refractivity contribution is -0.135. The Bertz CT molecular complexity index is 357. The second kappa shape index (κ2) is 5.90. The molecule has 2 fully saturated rings. The van der Waals surface area contributed by atoms with Gasteiger partial charge in [-0.05, 0) is 33.6 Å². The summed E-state index contributed by atoms with van der Waals surface area (Å²) in [7, 11) is 0. The van der Waals surface area contributed by atoms with E-state index in [1.807, 2.05) is 20.8 Å². The fraction of sp³-hybridized carbons (Fsp3) is 0.857. The molecule has 2 aliphatic rings. The van der Waals surface area contributed by atoms with Gasteiger partial charge in [0.15, 0.2) is 0 Å². The number of nitrogens with zero attached hydrogens (tertiary/aromatic N) is 1. The summed E-state index contributed by atoms with van der Waals surface area (Å²) in [5.41, 5.74) is 0. The maximum atomic E-state index is 12.1. The molecule has 0 spiro atoms. The molecule has 1 saturated carbocycles. The van der Waals surface area contributed by atoms with Gasteiger partial charge in [0.1, 0.15) is 0 Å². The predicted octanol–water partition coefficient (Wildman–Crippen LogP) is 0.643. The first-order chi connectivity index (χ1) is 8.99. The van der Waals surface area contributed by atoms with Crippen molar-refractivity contribution >= 4 is 11.8 Å². The molecule has 0 bridgehead atoms. The fourth-order valence-corrected chi connectivity index (χ4v) is 3.19. The summed E-state index contributed by atoms with van der Waals surface area (Å²) in [6.45, 7) is 6.16. The van der Waals surface area contributed by atoms with Gasteiger partial charge in [-0.3, -0.25) is 14.5 Å². The number of piperazine rings is 1.